The quantitative estimate of drug-likeness (QED) is 0.383. The first-order valence-electron chi connectivity index (χ1n) is 13.5. The molecule has 0 amide bonds. The number of alkyl halides is 3. The fraction of sp³-hybridized carbons (Fsp3) is 0.536. The van der Waals surface area contributed by atoms with Gasteiger partial charge in [0.1, 0.15) is 12.3 Å². The van der Waals surface area contributed by atoms with E-state index in [0.717, 1.165) is 41.2 Å². The number of methoxy groups -OCH3 is 1. The monoisotopic (exact) mass is 610 g/mol. The van der Waals surface area contributed by atoms with Crippen LogP contribution in [0.2, 0.25) is 0 Å². The predicted molar refractivity (Wildman–Crippen MR) is 150 cm³/mol. The number of carbonyl (C=O) groups excluding carboxylic acids is 1. The highest BCUT2D eigenvalue weighted by Gasteiger charge is 2.38. The molecule has 1 aliphatic heterocycles. The molecular formula is C28H37F3N6O6. The number of fused-ring (bicyclic) bond motifs is 1. The molecule has 2 N–H and O–H groups in total. The Labute approximate surface area is 246 Å². The number of halogens is 3. The molecule has 4 rings (SSSR count). The number of hydrogen-bond acceptors (Lipinski definition) is 9. The van der Waals surface area contributed by atoms with E-state index in [1.807, 2.05) is 32.9 Å². The molecule has 43 heavy (non-hydrogen) atoms. The first-order chi connectivity index (χ1) is 20.0. The standard InChI is InChI=1S/C26H36N6O4.C2HF3O2/c1-8-36-24-17(3)16(2)23-28-31(25(27)32(23)29-24)15-21(33)18-13-19(26(4,5)6)22(34-7)20(14-18)30-9-11-35-12-10-30;3-2(4,5)1(6)7/h13-14,27H,8-12,15H2,1-7H3;(H,6,7). The van der Waals surface area contributed by atoms with Crippen LogP contribution in [0.25, 0.3) is 5.65 Å². The number of benzene rings is 1. The molecular weight excluding hydrogens is 573 g/mol. The molecule has 12 nitrogen and oxygen atoms in total. The van der Waals surface area contributed by atoms with Gasteiger partial charge in [0.05, 0.1) is 32.6 Å². The van der Waals surface area contributed by atoms with E-state index in [4.69, 9.17) is 29.5 Å². The van der Waals surface area contributed by atoms with Crippen LogP contribution in [0.4, 0.5) is 18.9 Å². The number of nitrogens with one attached hydrogen (secondary N) is 1. The molecule has 2 aromatic heterocycles. The Bertz CT molecular complexity index is 1550. The number of carbonyl (C=O) groups is 2. The third-order valence-corrected chi connectivity index (χ3v) is 6.84. The summed E-state index contributed by atoms with van der Waals surface area (Å²) in [6.07, 6.45) is -5.08. The van der Waals surface area contributed by atoms with Gasteiger partial charge >= 0.3 is 12.1 Å². The highest BCUT2D eigenvalue weighted by Crippen LogP contribution is 2.40. The number of carboxylic acids is 1. The van der Waals surface area contributed by atoms with E-state index in [-0.39, 0.29) is 23.4 Å². The van der Waals surface area contributed by atoms with Crippen LogP contribution in [0, 0.1) is 19.3 Å². The maximum Gasteiger partial charge on any atom is 0.490 e. The summed E-state index contributed by atoms with van der Waals surface area (Å²) in [5.74, 6) is -1.65. The molecule has 0 aliphatic carbocycles. The Morgan fingerprint density at radius 3 is 2.21 bits per heavy atom. The van der Waals surface area contributed by atoms with Crippen molar-refractivity contribution in [2.24, 2.45) is 0 Å². The summed E-state index contributed by atoms with van der Waals surface area (Å²) in [4.78, 5) is 24.7. The number of aromatic nitrogens is 4. The van der Waals surface area contributed by atoms with Crippen LogP contribution in [0.1, 0.15) is 54.7 Å². The minimum atomic E-state index is -5.08. The number of rotatable bonds is 7. The van der Waals surface area contributed by atoms with Crippen molar-refractivity contribution in [1.82, 2.24) is 19.4 Å². The summed E-state index contributed by atoms with van der Waals surface area (Å²) >= 11 is 0. The van der Waals surface area contributed by atoms with Crippen molar-refractivity contribution in [3.05, 3.63) is 40.0 Å². The molecule has 3 heterocycles. The van der Waals surface area contributed by atoms with Gasteiger partial charge in [0.25, 0.3) is 0 Å². The second-order valence-corrected chi connectivity index (χ2v) is 10.9. The third kappa shape index (κ3) is 7.45. The molecule has 0 radical (unpaired) electrons. The van der Waals surface area contributed by atoms with E-state index in [1.54, 1.807) is 7.11 Å². The summed E-state index contributed by atoms with van der Waals surface area (Å²) in [5.41, 5.74) is 4.44. The number of nitrogens with zero attached hydrogens (tertiary/aromatic N) is 5. The molecule has 1 aliphatic rings. The summed E-state index contributed by atoms with van der Waals surface area (Å²) in [7, 11) is 1.67. The number of carboxylic acid groups (broad SMARTS) is 1. The number of morpholine rings is 1. The number of hydrogen-bond donors (Lipinski definition) is 2. The zero-order chi connectivity index (χ0) is 32.3. The molecule has 0 bridgehead atoms. The predicted octanol–water partition coefficient (Wildman–Crippen LogP) is 3.68. The Morgan fingerprint density at radius 1 is 1.09 bits per heavy atom. The average Bonchev–Trinajstić information content (AvgIpc) is 3.25. The van der Waals surface area contributed by atoms with E-state index < -0.39 is 12.1 Å². The lowest BCUT2D eigenvalue weighted by Gasteiger charge is -2.33. The van der Waals surface area contributed by atoms with E-state index in [2.05, 4.69) is 35.9 Å². The number of aryl methyl sites for hydroxylation is 1. The van der Waals surface area contributed by atoms with Crippen molar-refractivity contribution in [3.63, 3.8) is 0 Å². The van der Waals surface area contributed by atoms with Crippen LogP contribution < -0.4 is 20.0 Å². The van der Waals surface area contributed by atoms with Crippen molar-refractivity contribution in [3.8, 4) is 11.6 Å². The van der Waals surface area contributed by atoms with Crippen molar-refractivity contribution in [2.45, 2.75) is 59.7 Å². The average molecular weight is 611 g/mol. The zero-order valence-corrected chi connectivity index (χ0v) is 25.3. The summed E-state index contributed by atoms with van der Waals surface area (Å²) < 4.78 is 51.6. The molecule has 0 unspecified atom stereocenters. The van der Waals surface area contributed by atoms with Gasteiger partial charge in [-0.05, 0) is 38.3 Å². The zero-order valence-electron chi connectivity index (χ0n) is 25.3. The van der Waals surface area contributed by atoms with Gasteiger partial charge in [0.2, 0.25) is 11.5 Å². The first kappa shape index (κ1) is 33.4. The van der Waals surface area contributed by atoms with Gasteiger partial charge in [-0.1, -0.05) is 20.8 Å². The van der Waals surface area contributed by atoms with E-state index in [1.165, 1.54) is 9.20 Å². The van der Waals surface area contributed by atoms with Crippen molar-refractivity contribution in [2.75, 3.05) is 44.9 Å². The van der Waals surface area contributed by atoms with Gasteiger partial charge in [-0.3, -0.25) is 10.2 Å². The summed E-state index contributed by atoms with van der Waals surface area (Å²) in [5, 5.41) is 24.8. The van der Waals surface area contributed by atoms with E-state index >= 15 is 0 Å². The second-order valence-electron chi connectivity index (χ2n) is 10.9. The highest BCUT2D eigenvalue weighted by molar-refractivity contribution is 5.97. The molecule has 0 atom stereocenters. The molecule has 3 aromatic rings. The van der Waals surface area contributed by atoms with Gasteiger partial charge < -0.3 is 24.2 Å². The number of ketones is 1. The molecule has 0 spiro atoms. The van der Waals surface area contributed by atoms with Gasteiger partial charge in [-0.25, -0.2) is 9.48 Å². The lowest BCUT2D eigenvalue weighted by Crippen LogP contribution is -2.37. The fourth-order valence-electron chi connectivity index (χ4n) is 4.43. The molecule has 1 aromatic carbocycles. The normalized spacial score (nSPS) is 13.9. The molecule has 1 saturated heterocycles. The minimum absolute atomic E-state index is 0.0142. The topological polar surface area (TPSA) is 144 Å². The van der Waals surface area contributed by atoms with Crippen LogP contribution in [-0.4, -0.2) is 82.4 Å². The second kappa shape index (κ2) is 13.0. The summed E-state index contributed by atoms with van der Waals surface area (Å²) in [6, 6.07) is 3.80. The Kier molecular flexibility index (Phi) is 10.1. The van der Waals surface area contributed by atoms with Crippen LogP contribution in [0.15, 0.2) is 12.1 Å². The number of anilines is 1. The maximum atomic E-state index is 13.6. The first-order valence-corrected chi connectivity index (χ1v) is 13.5. The van der Waals surface area contributed by atoms with Gasteiger partial charge in [-0.15, -0.1) is 10.2 Å². The molecule has 1 fully saturated rings. The van der Waals surface area contributed by atoms with Crippen LogP contribution in [0.3, 0.4) is 0 Å². The van der Waals surface area contributed by atoms with E-state index in [9.17, 15) is 18.0 Å². The van der Waals surface area contributed by atoms with Crippen molar-refractivity contribution in [1.29, 1.82) is 5.41 Å². The smallest absolute Gasteiger partial charge is 0.490 e. The lowest BCUT2D eigenvalue weighted by molar-refractivity contribution is -0.192. The Morgan fingerprint density at radius 2 is 1.70 bits per heavy atom. The lowest BCUT2D eigenvalue weighted by atomic mass is 9.84. The number of aliphatic carboxylic acids is 1. The van der Waals surface area contributed by atoms with Gasteiger partial charge in [0.15, 0.2) is 11.4 Å². The minimum Gasteiger partial charge on any atom is -0.494 e. The Hall–Kier alpha value is -4.14. The highest BCUT2D eigenvalue weighted by atomic mass is 19.4. The molecule has 0 saturated carbocycles. The fourth-order valence-corrected chi connectivity index (χ4v) is 4.43. The molecule has 236 valence electrons. The van der Waals surface area contributed by atoms with Crippen molar-refractivity contribution >= 4 is 23.1 Å². The number of Topliss-reactive ketones (excluding diaryl/α,β-unsaturated/α-hetero) is 1. The Balaban J connectivity index is 0.000000646. The SMILES string of the molecule is CCOc1nn2c(=N)n(CC(=O)c3cc(N4CCOCC4)c(OC)c(C(C)(C)C)c3)nc2c(C)c1C.O=C(O)C(F)(F)F. The largest absolute Gasteiger partial charge is 0.494 e. The van der Waals surface area contributed by atoms with Crippen LogP contribution >= 0.6 is 0 Å². The number of ether oxygens (including phenoxy) is 3. The molecule has 15 heteroatoms. The van der Waals surface area contributed by atoms with Crippen molar-refractivity contribution < 1.29 is 42.1 Å². The van der Waals surface area contributed by atoms with Gasteiger partial charge in [0, 0.05) is 35.3 Å². The van der Waals surface area contributed by atoms with Crippen LogP contribution in [0.5, 0.6) is 11.6 Å². The summed E-state index contributed by atoms with van der Waals surface area (Å²) in [6.45, 7) is 15.1. The van der Waals surface area contributed by atoms with Gasteiger partial charge in [-0.2, -0.15) is 17.7 Å². The maximum absolute atomic E-state index is 13.6. The van der Waals surface area contributed by atoms with E-state index in [0.29, 0.717) is 36.9 Å². The van der Waals surface area contributed by atoms with Crippen LogP contribution in [-0.2, 0) is 21.5 Å². The third-order valence-electron chi connectivity index (χ3n) is 6.84.